The van der Waals surface area contributed by atoms with Crippen LogP contribution in [0, 0.1) is 22.7 Å². The molecule has 0 aliphatic heterocycles. The SMILES string of the molecule is BrC1(Br)[C@H]2C[C@@]34CCCCCCCCCCCC[C@]21C[C@@H]3C4. The summed E-state index contributed by atoms with van der Waals surface area (Å²) in [6, 6.07) is 0. The van der Waals surface area contributed by atoms with Crippen LogP contribution >= 0.6 is 31.9 Å². The standard InChI is InChI=1S/C20H32Br2/c21-20(22)17-15-18-11-9-7-5-3-1-2-4-6-8-10-12-19(17,20)14-16(18)13-18/h16-17H,1-15H2/t16-,17-,18-,19-/m0/s1. The van der Waals surface area contributed by atoms with E-state index in [-0.39, 0.29) is 0 Å². The van der Waals surface area contributed by atoms with E-state index in [2.05, 4.69) is 31.9 Å². The van der Waals surface area contributed by atoms with E-state index in [9.17, 15) is 0 Å². The predicted octanol–water partition coefficient (Wildman–Crippen LogP) is 7.58. The summed E-state index contributed by atoms with van der Waals surface area (Å²) in [4.78, 5) is 0. The van der Waals surface area contributed by atoms with Crippen LogP contribution in [0.4, 0.5) is 0 Å². The Hall–Kier alpha value is 0.960. The second-order valence-corrected chi connectivity index (χ2v) is 12.6. The van der Waals surface area contributed by atoms with Gasteiger partial charge in [-0.2, -0.15) is 0 Å². The van der Waals surface area contributed by atoms with Crippen molar-refractivity contribution in [3.63, 3.8) is 0 Å². The third kappa shape index (κ3) is 2.67. The summed E-state index contributed by atoms with van der Waals surface area (Å²) in [6.07, 6.45) is 22.5. The summed E-state index contributed by atoms with van der Waals surface area (Å²) in [5.74, 6) is 2.00. The van der Waals surface area contributed by atoms with Gasteiger partial charge in [-0.15, -0.1) is 0 Å². The van der Waals surface area contributed by atoms with E-state index in [1.165, 1.54) is 83.5 Å². The van der Waals surface area contributed by atoms with Crippen LogP contribution in [0.5, 0.6) is 0 Å². The van der Waals surface area contributed by atoms with Crippen molar-refractivity contribution in [2.24, 2.45) is 22.7 Å². The maximum absolute atomic E-state index is 4.10. The highest BCUT2D eigenvalue weighted by Crippen LogP contribution is 2.86. The van der Waals surface area contributed by atoms with E-state index in [4.69, 9.17) is 0 Å². The molecule has 0 aromatic rings. The van der Waals surface area contributed by atoms with E-state index >= 15 is 0 Å². The van der Waals surface area contributed by atoms with Crippen LogP contribution in [0.25, 0.3) is 0 Å². The fourth-order valence-electron chi connectivity index (χ4n) is 6.19. The van der Waals surface area contributed by atoms with Crippen LogP contribution in [0.1, 0.15) is 96.3 Å². The van der Waals surface area contributed by atoms with E-state index in [1.807, 2.05) is 0 Å². The second kappa shape index (κ2) is 6.04. The Bertz CT molecular complexity index is 418. The average Bonchev–Trinajstić information content (AvgIpc) is 3.30. The van der Waals surface area contributed by atoms with Gasteiger partial charge in [-0.25, -0.2) is 0 Å². The van der Waals surface area contributed by atoms with Gasteiger partial charge in [0.1, 0.15) is 0 Å². The molecule has 0 nitrogen and oxygen atoms in total. The van der Waals surface area contributed by atoms with Crippen LogP contribution in [-0.2, 0) is 0 Å². The number of rotatable bonds is 0. The minimum absolute atomic E-state index is 0.307. The molecule has 0 heterocycles. The van der Waals surface area contributed by atoms with Gasteiger partial charge in [0.25, 0.3) is 0 Å². The molecule has 22 heavy (non-hydrogen) atoms. The number of alkyl halides is 2. The molecule has 2 spiro atoms. The number of halogens is 2. The molecule has 5 aliphatic rings. The Morgan fingerprint density at radius 1 is 0.591 bits per heavy atom. The largest absolute Gasteiger partial charge is 0.0899 e. The van der Waals surface area contributed by atoms with E-state index < -0.39 is 0 Å². The average molecular weight is 432 g/mol. The molecule has 5 saturated carbocycles. The van der Waals surface area contributed by atoms with Crippen molar-refractivity contribution in [2.75, 3.05) is 0 Å². The normalized spacial score (nSPS) is 48.3. The minimum Gasteiger partial charge on any atom is -0.0718 e. The molecule has 2 heteroatoms. The Kier molecular flexibility index (Phi) is 4.51. The zero-order chi connectivity index (χ0) is 15.3. The topological polar surface area (TPSA) is 0 Å². The van der Waals surface area contributed by atoms with Gasteiger partial charge in [-0.05, 0) is 49.4 Å². The fourth-order valence-corrected chi connectivity index (χ4v) is 8.44. The molecule has 0 saturated heterocycles. The van der Waals surface area contributed by atoms with Crippen molar-refractivity contribution in [2.45, 2.75) is 99.5 Å². The first-order valence-corrected chi connectivity index (χ1v) is 11.6. The van der Waals surface area contributed by atoms with Gasteiger partial charge in [-0.1, -0.05) is 96.1 Å². The predicted molar refractivity (Wildman–Crippen MR) is 102 cm³/mol. The van der Waals surface area contributed by atoms with Gasteiger partial charge in [0.05, 0.1) is 3.23 Å². The maximum atomic E-state index is 4.10. The van der Waals surface area contributed by atoms with Crippen molar-refractivity contribution in [1.82, 2.24) is 0 Å². The molecule has 0 aromatic heterocycles. The van der Waals surface area contributed by atoms with Crippen LogP contribution in [0.3, 0.4) is 0 Å². The Labute approximate surface area is 153 Å². The molecule has 5 aliphatic carbocycles. The van der Waals surface area contributed by atoms with Crippen LogP contribution in [0.15, 0.2) is 0 Å². The zero-order valence-electron chi connectivity index (χ0n) is 14.0. The molecule has 5 rings (SSSR count). The van der Waals surface area contributed by atoms with Crippen LogP contribution < -0.4 is 0 Å². The zero-order valence-corrected chi connectivity index (χ0v) is 17.2. The van der Waals surface area contributed by atoms with Crippen molar-refractivity contribution in [1.29, 1.82) is 0 Å². The van der Waals surface area contributed by atoms with Gasteiger partial charge >= 0.3 is 0 Å². The monoisotopic (exact) mass is 430 g/mol. The molecule has 0 N–H and O–H groups in total. The number of hydrogen-bond acceptors (Lipinski definition) is 0. The second-order valence-electron chi connectivity index (χ2n) is 9.04. The highest BCUT2D eigenvalue weighted by molar-refractivity contribution is 9.25. The van der Waals surface area contributed by atoms with Crippen molar-refractivity contribution in [3.05, 3.63) is 0 Å². The Balaban J connectivity index is 1.42. The summed E-state index contributed by atoms with van der Waals surface area (Å²) in [5.41, 5.74) is 1.41. The number of hydrogen-bond donors (Lipinski definition) is 0. The lowest BCUT2D eigenvalue weighted by Crippen LogP contribution is -2.19. The summed E-state index contributed by atoms with van der Waals surface area (Å²) < 4.78 is 0.307. The summed E-state index contributed by atoms with van der Waals surface area (Å²) >= 11 is 8.20. The van der Waals surface area contributed by atoms with E-state index in [1.54, 1.807) is 12.8 Å². The van der Waals surface area contributed by atoms with Crippen LogP contribution in [-0.4, -0.2) is 3.23 Å². The third-order valence-electron chi connectivity index (χ3n) is 7.81. The van der Waals surface area contributed by atoms with E-state index in [0.717, 1.165) is 17.3 Å². The number of fused-ring (bicyclic) bond motifs is 11. The van der Waals surface area contributed by atoms with E-state index in [0.29, 0.717) is 8.65 Å². The molecule has 4 atom stereocenters. The molecule has 0 radical (unpaired) electrons. The molecule has 0 unspecified atom stereocenters. The molecule has 5 fully saturated rings. The van der Waals surface area contributed by atoms with Gasteiger partial charge in [-0.3, -0.25) is 0 Å². The summed E-state index contributed by atoms with van der Waals surface area (Å²) in [5, 5.41) is 0. The van der Waals surface area contributed by atoms with Gasteiger partial charge < -0.3 is 0 Å². The van der Waals surface area contributed by atoms with Gasteiger partial charge in [0.15, 0.2) is 0 Å². The molecule has 126 valence electrons. The van der Waals surface area contributed by atoms with Crippen molar-refractivity contribution < 1.29 is 0 Å². The Morgan fingerprint density at radius 3 is 1.77 bits per heavy atom. The molecule has 2 bridgehead atoms. The lowest BCUT2D eigenvalue weighted by atomic mass is 9.77. The third-order valence-corrected chi connectivity index (χ3v) is 10.5. The highest BCUT2D eigenvalue weighted by atomic mass is 79.9. The molecule has 0 aromatic carbocycles. The molecular weight excluding hydrogens is 400 g/mol. The molecule has 0 amide bonds. The van der Waals surface area contributed by atoms with Crippen molar-refractivity contribution in [3.8, 4) is 0 Å². The van der Waals surface area contributed by atoms with Gasteiger partial charge in [0, 0.05) is 5.41 Å². The maximum Gasteiger partial charge on any atom is 0.0899 e. The smallest absolute Gasteiger partial charge is 0.0718 e. The highest BCUT2D eigenvalue weighted by Gasteiger charge is 2.80. The summed E-state index contributed by atoms with van der Waals surface area (Å²) in [6.45, 7) is 0. The van der Waals surface area contributed by atoms with Gasteiger partial charge in [0.2, 0.25) is 0 Å². The Morgan fingerprint density at radius 2 is 1.14 bits per heavy atom. The quantitative estimate of drug-likeness (QED) is 0.346. The fraction of sp³-hybridized carbons (Fsp3) is 1.00. The molecular formula is C20H32Br2. The first-order chi connectivity index (χ1) is 10.6. The lowest BCUT2D eigenvalue weighted by Gasteiger charge is -2.28. The first kappa shape index (κ1) is 16.4. The van der Waals surface area contributed by atoms with Crippen LogP contribution in [0.2, 0.25) is 0 Å². The van der Waals surface area contributed by atoms with Crippen molar-refractivity contribution >= 4 is 31.9 Å². The minimum atomic E-state index is 0.307. The lowest BCUT2D eigenvalue weighted by molar-refractivity contribution is 0.220. The first-order valence-electron chi connectivity index (χ1n) is 9.99. The summed E-state index contributed by atoms with van der Waals surface area (Å²) in [7, 11) is 0.